The van der Waals surface area contributed by atoms with E-state index in [1.54, 1.807) is 0 Å². The van der Waals surface area contributed by atoms with Gasteiger partial charge in [-0.15, -0.1) is 0 Å². The third kappa shape index (κ3) is 3.75. The molecule has 0 aromatic rings. The fourth-order valence-electron chi connectivity index (χ4n) is 0.736. The van der Waals surface area contributed by atoms with Crippen molar-refractivity contribution in [3.8, 4) is 0 Å². The molecule has 5 nitrogen and oxygen atoms in total. The maximum absolute atomic E-state index is 11.8. The molecule has 0 aliphatic carbocycles. The van der Waals surface area contributed by atoms with Gasteiger partial charge in [-0.2, -0.15) is 0 Å². The molecule has 4 N–H and O–H groups in total. The van der Waals surface area contributed by atoms with Gasteiger partial charge in [0.2, 0.25) is 0 Å². The van der Waals surface area contributed by atoms with Crippen molar-refractivity contribution in [3.05, 3.63) is 11.9 Å². The van der Waals surface area contributed by atoms with Crippen molar-refractivity contribution in [3.63, 3.8) is 0 Å². The third-order valence-corrected chi connectivity index (χ3v) is 1.39. The summed E-state index contributed by atoms with van der Waals surface area (Å²) in [5.41, 5.74) is 5.17. The molecular weight excluding hydrogens is 177 g/mol. The van der Waals surface area contributed by atoms with E-state index in [-0.39, 0.29) is 18.7 Å². The summed E-state index contributed by atoms with van der Waals surface area (Å²) in [4.78, 5) is 11.0. The number of hydrazine groups is 1. The van der Waals surface area contributed by atoms with Crippen LogP contribution in [0, 0.1) is 0 Å². The Labute approximate surface area is 76.1 Å². The molecule has 0 rings (SSSR count). The van der Waals surface area contributed by atoms with Crippen molar-refractivity contribution in [2.24, 2.45) is 11.6 Å². The normalized spacial score (nSPS) is 11.2. The number of nitrogens with zero attached hydrogens (tertiary/aromatic N) is 1. The van der Waals surface area contributed by atoms with Gasteiger partial charge in [-0.3, -0.25) is 4.39 Å². The Bertz CT molecular complexity index is 196. The lowest BCUT2D eigenvalue weighted by Gasteiger charge is -2.18. The predicted octanol–water partition coefficient (Wildman–Crippen LogP) is -0.505. The zero-order valence-corrected chi connectivity index (χ0v) is 7.50. The molecule has 0 aromatic carbocycles. The average molecular weight is 191 g/mol. The number of ether oxygens (including phenoxy) is 1. The molecule has 0 heterocycles. The molecule has 0 aliphatic heterocycles. The number of alkyl halides is 1. The first-order valence-corrected chi connectivity index (χ1v) is 3.75. The maximum atomic E-state index is 11.8. The van der Waals surface area contributed by atoms with Gasteiger partial charge in [-0.1, -0.05) is 0 Å². The molecule has 0 spiro atoms. The Morgan fingerprint density at radius 3 is 2.69 bits per heavy atom. The van der Waals surface area contributed by atoms with Crippen molar-refractivity contribution in [1.29, 1.82) is 0 Å². The van der Waals surface area contributed by atoms with E-state index < -0.39 is 12.6 Å². The summed E-state index contributed by atoms with van der Waals surface area (Å²) in [6.07, 6.45) is 1.27. The number of rotatable bonds is 5. The van der Waals surface area contributed by atoms with Crippen LogP contribution in [0.2, 0.25) is 0 Å². The molecular formula is C7H14FN3O2. The lowest BCUT2D eigenvalue weighted by atomic mass is 10.4. The van der Waals surface area contributed by atoms with Gasteiger partial charge in [0.05, 0.1) is 13.8 Å². The highest BCUT2D eigenvalue weighted by Gasteiger charge is 2.13. The largest absolute Gasteiger partial charge is 0.464 e. The van der Waals surface area contributed by atoms with Crippen molar-refractivity contribution in [2.45, 2.75) is 6.42 Å². The molecule has 0 unspecified atom stereocenters. The fraction of sp³-hybridized carbons (Fsp3) is 0.571. The number of esters is 1. The zero-order valence-electron chi connectivity index (χ0n) is 7.50. The monoisotopic (exact) mass is 191 g/mol. The number of halogens is 1. The van der Waals surface area contributed by atoms with Crippen LogP contribution in [0.4, 0.5) is 4.39 Å². The highest BCUT2D eigenvalue weighted by molar-refractivity contribution is 5.87. The molecule has 6 heteroatoms. The molecule has 0 bridgehead atoms. The third-order valence-electron chi connectivity index (χ3n) is 1.39. The van der Waals surface area contributed by atoms with Crippen LogP contribution < -0.4 is 11.6 Å². The molecule has 0 aliphatic rings. The second-order valence-electron chi connectivity index (χ2n) is 2.28. The minimum atomic E-state index is -0.635. The summed E-state index contributed by atoms with van der Waals surface area (Å²) in [5.74, 6) is 4.77. The molecule has 0 saturated carbocycles. The van der Waals surface area contributed by atoms with Crippen LogP contribution in [0.5, 0.6) is 0 Å². The summed E-state index contributed by atoms with van der Waals surface area (Å²) in [5, 5.41) is 1.06. The van der Waals surface area contributed by atoms with E-state index in [9.17, 15) is 9.18 Å². The molecule has 76 valence electrons. The Kier molecular flexibility index (Phi) is 5.62. The van der Waals surface area contributed by atoms with Crippen molar-refractivity contribution >= 4 is 5.97 Å². The van der Waals surface area contributed by atoms with Crippen LogP contribution >= 0.6 is 0 Å². The van der Waals surface area contributed by atoms with Crippen LogP contribution in [0.25, 0.3) is 0 Å². The number of hydrogen-bond donors (Lipinski definition) is 2. The molecule has 0 atom stereocenters. The van der Waals surface area contributed by atoms with Gasteiger partial charge in [0.1, 0.15) is 0 Å². The van der Waals surface area contributed by atoms with E-state index in [4.69, 9.17) is 11.6 Å². The van der Waals surface area contributed by atoms with Gasteiger partial charge >= 0.3 is 5.97 Å². The Morgan fingerprint density at radius 1 is 1.69 bits per heavy atom. The number of nitrogens with two attached hydrogens (primary N) is 2. The Morgan fingerprint density at radius 2 is 2.31 bits per heavy atom. The minimum absolute atomic E-state index is 0.0240. The predicted molar refractivity (Wildman–Crippen MR) is 45.8 cm³/mol. The number of methoxy groups -OCH3 is 1. The first kappa shape index (κ1) is 11.7. The van der Waals surface area contributed by atoms with Gasteiger partial charge in [0.25, 0.3) is 0 Å². The molecule has 0 radical (unpaired) electrons. The quantitative estimate of drug-likeness (QED) is 0.265. The Balaban J connectivity index is 4.16. The molecule has 13 heavy (non-hydrogen) atoms. The maximum Gasteiger partial charge on any atom is 0.357 e. The van der Waals surface area contributed by atoms with Crippen LogP contribution in [-0.4, -0.2) is 31.3 Å². The van der Waals surface area contributed by atoms with Crippen molar-refractivity contribution in [2.75, 3.05) is 20.3 Å². The SMILES string of the molecule is COC(=O)/C(=C/N)N(N)CCCF. The second kappa shape index (κ2) is 6.24. The second-order valence-corrected chi connectivity index (χ2v) is 2.28. The molecule has 0 fully saturated rings. The summed E-state index contributed by atoms with van der Waals surface area (Å²) in [7, 11) is 1.22. The molecule has 0 amide bonds. The summed E-state index contributed by atoms with van der Waals surface area (Å²) in [6, 6.07) is 0. The summed E-state index contributed by atoms with van der Waals surface area (Å²) < 4.78 is 16.2. The van der Waals surface area contributed by atoms with Crippen LogP contribution in [0.3, 0.4) is 0 Å². The van der Waals surface area contributed by atoms with Gasteiger partial charge in [-0.05, 0) is 6.42 Å². The van der Waals surface area contributed by atoms with Crippen molar-refractivity contribution < 1.29 is 13.9 Å². The molecule has 0 saturated heterocycles. The number of hydrogen-bond acceptors (Lipinski definition) is 5. The standard InChI is InChI=1S/C7H14FN3O2/c1-13-7(12)6(5-9)11(10)4-2-3-8/h5H,2-4,9-10H2,1H3/b6-5-. The zero-order chi connectivity index (χ0) is 10.3. The van der Waals surface area contributed by atoms with E-state index in [0.29, 0.717) is 0 Å². The van der Waals surface area contributed by atoms with E-state index in [1.807, 2.05) is 0 Å². The van der Waals surface area contributed by atoms with E-state index in [1.165, 1.54) is 7.11 Å². The highest BCUT2D eigenvalue weighted by Crippen LogP contribution is 2.00. The smallest absolute Gasteiger partial charge is 0.357 e. The van der Waals surface area contributed by atoms with Gasteiger partial charge in [-0.25, -0.2) is 10.6 Å². The van der Waals surface area contributed by atoms with E-state index in [2.05, 4.69) is 4.74 Å². The van der Waals surface area contributed by atoms with Crippen LogP contribution in [0.15, 0.2) is 11.9 Å². The topological polar surface area (TPSA) is 81.6 Å². The van der Waals surface area contributed by atoms with E-state index >= 15 is 0 Å². The van der Waals surface area contributed by atoms with Gasteiger partial charge in [0.15, 0.2) is 5.70 Å². The molecule has 0 aromatic heterocycles. The van der Waals surface area contributed by atoms with Crippen molar-refractivity contribution in [1.82, 2.24) is 5.01 Å². The summed E-state index contributed by atoms with van der Waals surface area (Å²) >= 11 is 0. The van der Waals surface area contributed by atoms with Gasteiger partial charge < -0.3 is 15.5 Å². The average Bonchev–Trinajstić information content (AvgIpc) is 2.15. The first-order valence-electron chi connectivity index (χ1n) is 3.75. The number of carbonyl (C=O) groups excluding carboxylic acids is 1. The van der Waals surface area contributed by atoms with Crippen LogP contribution in [0.1, 0.15) is 6.42 Å². The van der Waals surface area contributed by atoms with Gasteiger partial charge in [0, 0.05) is 12.7 Å². The highest BCUT2D eigenvalue weighted by atomic mass is 19.1. The lowest BCUT2D eigenvalue weighted by molar-refractivity contribution is -0.138. The van der Waals surface area contributed by atoms with Crippen LogP contribution in [-0.2, 0) is 9.53 Å². The number of carbonyl (C=O) groups is 1. The first-order chi connectivity index (χ1) is 6.17. The Hall–Kier alpha value is -1.30. The van der Waals surface area contributed by atoms with E-state index in [0.717, 1.165) is 11.2 Å². The fourth-order valence-corrected chi connectivity index (χ4v) is 0.736. The summed E-state index contributed by atoms with van der Waals surface area (Å²) in [6.45, 7) is -0.276. The lowest BCUT2D eigenvalue weighted by Crippen LogP contribution is -2.36. The minimum Gasteiger partial charge on any atom is -0.464 e.